The van der Waals surface area contributed by atoms with Gasteiger partial charge >= 0.3 is 0 Å². The third-order valence-corrected chi connectivity index (χ3v) is 4.46. The molecule has 2 N–H and O–H groups in total. The molecule has 0 aliphatic heterocycles. The van der Waals surface area contributed by atoms with Crippen molar-refractivity contribution in [2.75, 3.05) is 0 Å². The molecule has 0 atom stereocenters. The van der Waals surface area contributed by atoms with Crippen LogP contribution in [-0.2, 0) is 4.79 Å². The van der Waals surface area contributed by atoms with Crippen molar-refractivity contribution in [2.45, 2.75) is 57.0 Å². The number of hydrogen-bond acceptors (Lipinski definition) is 2. The van der Waals surface area contributed by atoms with Gasteiger partial charge in [-0.3, -0.25) is 9.59 Å². The number of rotatable bonds is 5. The Labute approximate surface area is 137 Å². The summed E-state index contributed by atoms with van der Waals surface area (Å²) in [6.45, 7) is 0. The summed E-state index contributed by atoms with van der Waals surface area (Å²) in [5, 5.41) is 6.02. The van der Waals surface area contributed by atoms with Gasteiger partial charge in [0.25, 0.3) is 5.91 Å². The van der Waals surface area contributed by atoms with Crippen LogP contribution in [-0.4, -0.2) is 23.9 Å². The number of nitrogens with one attached hydrogen (secondary N) is 2. The van der Waals surface area contributed by atoms with Crippen LogP contribution < -0.4 is 10.6 Å². The second kappa shape index (κ2) is 7.44. The first-order valence-electron chi connectivity index (χ1n) is 8.60. The molecule has 2 saturated carbocycles. The number of benzene rings is 1. The Morgan fingerprint density at radius 1 is 0.870 bits per heavy atom. The van der Waals surface area contributed by atoms with Gasteiger partial charge in [-0.25, -0.2) is 0 Å². The first kappa shape index (κ1) is 15.8. The molecule has 1 aromatic carbocycles. The maximum absolute atomic E-state index is 11.9. The zero-order chi connectivity index (χ0) is 16.1. The Bertz CT molecular complexity index is 582. The van der Waals surface area contributed by atoms with E-state index in [9.17, 15) is 9.59 Å². The second-order valence-corrected chi connectivity index (χ2v) is 6.55. The lowest BCUT2D eigenvalue weighted by Gasteiger charge is -2.21. The van der Waals surface area contributed by atoms with Crippen molar-refractivity contribution in [1.29, 1.82) is 0 Å². The fourth-order valence-corrected chi connectivity index (χ4v) is 2.91. The highest BCUT2D eigenvalue weighted by Crippen LogP contribution is 2.19. The van der Waals surface area contributed by atoms with Crippen molar-refractivity contribution in [1.82, 2.24) is 10.6 Å². The molecule has 1 aromatic rings. The van der Waals surface area contributed by atoms with E-state index >= 15 is 0 Å². The molecule has 122 valence electrons. The van der Waals surface area contributed by atoms with Crippen LogP contribution >= 0.6 is 0 Å². The molecule has 0 unspecified atom stereocenters. The highest BCUT2D eigenvalue weighted by molar-refractivity contribution is 5.95. The van der Waals surface area contributed by atoms with E-state index in [4.69, 9.17) is 0 Å². The summed E-state index contributed by atoms with van der Waals surface area (Å²) in [7, 11) is 0. The summed E-state index contributed by atoms with van der Waals surface area (Å²) in [5.41, 5.74) is 1.59. The summed E-state index contributed by atoms with van der Waals surface area (Å²) < 4.78 is 0. The predicted molar refractivity (Wildman–Crippen MR) is 91.0 cm³/mol. The van der Waals surface area contributed by atoms with E-state index in [0.29, 0.717) is 17.6 Å². The first-order chi connectivity index (χ1) is 11.2. The van der Waals surface area contributed by atoms with Crippen molar-refractivity contribution in [3.63, 3.8) is 0 Å². The molecule has 0 bridgehead atoms. The fraction of sp³-hybridized carbons (Fsp3) is 0.474. The number of amides is 2. The van der Waals surface area contributed by atoms with E-state index in [0.717, 1.165) is 31.2 Å². The zero-order valence-corrected chi connectivity index (χ0v) is 13.4. The van der Waals surface area contributed by atoms with Crippen molar-refractivity contribution >= 4 is 17.9 Å². The Morgan fingerprint density at radius 2 is 1.52 bits per heavy atom. The van der Waals surface area contributed by atoms with E-state index in [2.05, 4.69) is 10.6 Å². The number of hydrogen-bond donors (Lipinski definition) is 2. The van der Waals surface area contributed by atoms with Crippen LogP contribution in [0.1, 0.15) is 60.9 Å². The molecule has 0 radical (unpaired) electrons. The maximum Gasteiger partial charge on any atom is 0.251 e. The molecular weight excluding hydrogens is 288 g/mol. The lowest BCUT2D eigenvalue weighted by atomic mass is 9.95. The second-order valence-electron chi connectivity index (χ2n) is 6.55. The summed E-state index contributed by atoms with van der Waals surface area (Å²) in [5.74, 6) is -0.0504. The van der Waals surface area contributed by atoms with Crippen LogP contribution in [0.3, 0.4) is 0 Å². The van der Waals surface area contributed by atoms with E-state index in [1.165, 1.54) is 19.3 Å². The van der Waals surface area contributed by atoms with E-state index in [1.54, 1.807) is 24.3 Å². The average Bonchev–Trinajstić information content (AvgIpc) is 3.38. The zero-order valence-electron chi connectivity index (χ0n) is 13.4. The summed E-state index contributed by atoms with van der Waals surface area (Å²) in [6.07, 6.45) is 11.4. The van der Waals surface area contributed by atoms with Crippen molar-refractivity contribution in [3.8, 4) is 0 Å². The smallest absolute Gasteiger partial charge is 0.251 e. The van der Waals surface area contributed by atoms with Crippen molar-refractivity contribution in [2.24, 2.45) is 0 Å². The van der Waals surface area contributed by atoms with Gasteiger partial charge in [0.15, 0.2) is 0 Å². The molecule has 4 nitrogen and oxygen atoms in total. The minimum atomic E-state index is -0.0348. The van der Waals surface area contributed by atoms with Gasteiger partial charge in [-0.1, -0.05) is 31.4 Å². The highest BCUT2D eigenvalue weighted by Gasteiger charge is 2.23. The molecule has 4 heteroatoms. The van der Waals surface area contributed by atoms with Crippen LogP contribution in [0.15, 0.2) is 30.3 Å². The molecule has 2 aliphatic carbocycles. The summed E-state index contributed by atoms with van der Waals surface area (Å²) >= 11 is 0. The SMILES string of the molecule is O=C(C=Cc1ccc(C(=O)NC2CC2)cc1)NC1CCCCC1. The molecule has 0 heterocycles. The fourth-order valence-electron chi connectivity index (χ4n) is 2.91. The molecule has 23 heavy (non-hydrogen) atoms. The molecule has 0 saturated heterocycles. The van der Waals surface area contributed by atoms with Gasteiger partial charge < -0.3 is 10.6 Å². The quantitative estimate of drug-likeness (QED) is 0.821. The van der Waals surface area contributed by atoms with Crippen LogP contribution in [0.4, 0.5) is 0 Å². The Morgan fingerprint density at radius 3 is 2.17 bits per heavy atom. The monoisotopic (exact) mass is 312 g/mol. The summed E-state index contributed by atoms with van der Waals surface area (Å²) in [6, 6.07) is 8.03. The molecule has 2 aliphatic rings. The Kier molecular flexibility index (Phi) is 5.11. The van der Waals surface area contributed by atoms with Crippen LogP contribution in [0, 0.1) is 0 Å². The highest BCUT2D eigenvalue weighted by atomic mass is 16.2. The van der Waals surface area contributed by atoms with Gasteiger partial charge in [-0.15, -0.1) is 0 Å². The maximum atomic E-state index is 11.9. The van der Waals surface area contributed by atoms with Gasteiger partial charge in [-0.05, 0) is 49.5 Å². The van der Waals surface area contributed by atoms with Crippen LogP contribution in [0.5, 0.6) is 0 Å². The first-order valence-corrected chi connectivity index (χ1v) is 8.60. The summed E-state index contributed by atoms with van der Waals surface area (Å²) in [4.78, 5) is 23.8. The third kappa shape index (κ3) is 4.95. The van der Waals surface area contributed by atoms with Gasteiger partial charge in [-0.2, -0.15) is 0 Å². The van der Waals surface area contributed by atoms with Crippen molar-refractivity contribution in [3.05, 3.63) is 41.5 Å². The van der Waals surface area contributed by atoms with E-state index < -0.39 is 0 Å². The Balaban J connectivity index is 1.50. The minimum absolute atomic E-state index is 0.0157. The number of carbonyl (C=O) groups excluding carboxylic acids is 2. The van der Waals surface area contributed by atoms with Crippen LogP contribution in [0.25, 0.3) is 6.08 Å². The van der Waals surface area contributed by atoms with E-state index in [-0.39, 0.29) is 11.8 Å². The number of carbonyl (C=O) groups is 2. The normalized spacial score (nSPS) is 18.8. The predicted octanol–water partition coefficient (Wildman–Crippen LogP) is 3.04. The molecule has 3 rings (SSSR count). The standard InChI is InChI=1S/C19H24N2O2/c22-18(20-16-4-2-1-3-5-16)13-8-14-6-9-15(10-7-14)19(23)21-17-11-12-17/h6-10,13,16-17H,1-5,11-12H2,(H,20,22)(H,21,23). The van der Waals surface area contributed by atoms with Gasteiger partial charge in [0.1, 0.15) is 0 Å². The lowest BCUT2D eigenvalue weighted by Crippen LogP contribution is -2.34. The molecule has 0 spiro atoms. The largest absolute Gasteiger partial charge is 0.350 e. The molecular formula is C19H24N2O2. The van der Waals surface area contributed by atoms with E-state index in [1.807, 2.05) is 12.1 Å². The minimum Gasteiger partial charge on any atom is -0.350 e. The Hall–Kier alpha value is -2.10. The van der Waals surface area contributed by atoms with Gasteiger partial charge in [0, 0.05) is 23.7 Å². The molecule has 0 aromatic heterocycles. The molecule has 2 fully saturated rings. The van der Waals surface area contributed by atoms with Crippen LogP contribution in [0.2, 0.25) is 0 Å². The lowest BCUT2D eigenvalue weighted by molar-refractivity contribution is -0.117. The van der Waals surface area contributed by atoms with Crippen molar-refractivity contribution < 1.29 is 9.59 Å². The average molecular weight is 312 g/mol. The van der Waals surface area contributed by atoms with Gasteiger partial charge in [0.05, 0.1) is 0 Å². The molecule has 2 amide bonds. The third-order valence-electron chi connectivity index (χ3n) is 4.46. The van der Waals surface area contributed by atoms with Gasteiger partial charge in [0.2, 0.25) is 5.91 Å². The topological polar surface area (TPSA) is 58.2 Å².